The Bertz CT molecular complexity index is 1230. The fourth-order valence-electron chi connectivity index (χ4n) is 2.99. The predicted molar refractivity (Wildman–Crippen MR) is 130 cm³/mol. The van der Waals surface area contributed by atoms with Crippen LogP contribution >= 0.6 is 27.5 Å². The molecule has 33 heavy (non-hydrogen) atoms. The van der Waals surface area contributed by atoms with Crippen LogP contribution in [0.2, 0.25) is 5.02 Å². The van der Waals surface area contributed by atoms with E-state index < -0.39 is 5.91 Å². The van der Waals surface area contributed by atoms with E-state index in [2.05, 4.69) is 21.2 Å². The smallest absolute Gasteiger partial charge is 0.266 e. The highest BCUT2D eigenvalue weighted by Crippen LogP contribution is 2.38. The summed E-state index contributed by atoms with van der Waals surface area (Å²) in [7, 11) is 1.48. The van der Waals surface area contributed by atoms with Crippen molar-refractivity contribution in [2.24, 2.45) is 0 Å². The molecule has 3 aromatic carbocycles. The molecule has 0 fully saturated rings. The first-order valence-corrected chi connectivity index (χ1v) is 10.9. The van der Waals surface area contributed by atoms with Crippen molar-refractivity contribution in [1.82, 2.24) is 0 Å². The minimum Gasteiger partial charge on any atom is -0.493 e. The number of hydrogen-bond acceptors (Lipinski definition) is 4. The van der Waals surface area contributed by atoms with Crippen molar-refractivity contribution in [1.29, 1.82) is 5.26 Å². The maximum atomic E-state index is 13.1. The molecule has 3 aromatic rings. The van der Waals surface area contributed by atoms with Crippen LogP contribution in [-0.2, 0) is 11.4 Å². The van der Waals surface area contributed by atoms with Gasteiger partial charge >= 0.3 is 0 Å². The van der Waals surface area contributed by atoms with Crippen LogP contribution in [0, 0.1) is 24.1 Å². The molecule has 0 saturated heterocycles. The normalized spacial score (nSPS) is 11.0. The summed E-state index contributed by atoms with van der Waals surface area (Å²) in [6, 6.07) is 16.5. The zero-order valence-electron chi connectivity index (χ0n) is 17.8. The summed E-state index contributed by atoms with van der Waals surface area (Å²) < 4.78 is 24.9. The number of anilines is 1. The van der Waals surface area contributed by atoms with Crippen molar-refractivity contribution in [2.75, 3.05) is 12.4 Å². The number of para-hydroxylation sites is 1. The van der Waals surface area contributed by atoms with Crippen LogP contribution in [0.4, 0.5) is 10.1 Å². The first-order valence-electron chi connectivity index (χ1n) is 9.75. The van der Waals surface area contributed by atoms with Crippen molar-refractivity contribution < 1.29 is 18.7 Å². The van der Waals surface area contributed by atoms with E-state index in [9.17, 15) is 14.4 Å². The highest BCUT2D eigenvalue weighted by atomic mass is 79.9. The van der Waals surface area contributed by atoms with Gasteiger partial charge in [-0.3, -0.25) is 4.79 Å². The van der Waals surface area contributed by atoms with Crippen molar-refractivity contribution in [3.63, 3.8) is 0 Å². The Labute approximate surface area is 204 Å². The van der Waals surface area contributed by atoms with E-state index in [1.54, 1.807) is 36.4 Å². The van der Waals surface area contributed by atoms with Gasteiger partial charge in [0.15, 0.2) is 11.5 Å². The number of aryl methyl sites for hydroxylation is 1. The number of rotatable bonds is 7. The first kappa shape index (κ1) is 24.3. The molecule has 0 unspecified atom stereocenters. The number of methoxy groups -OCH3 is 1. The van der Waals surface area contributed by atoms with Gasteiger partial charge in [0.2, 0.25) is 0 Å². The molecule has 8 heteroatoms. The van der Waals surface area contributed by atoms with E-state index in [-0.39, 0.29) is 18.0 Å². The molecule has 1 N–H and O–H groups in total. The van der Waals surface area contributed by atoms with E-state index in [0.29, 0.717) is 32.2 Å². The van der Waals surface area contributed by atoms with Gasteiger partial charge in [-0.05, 0) is 76.0 Å². The summed E-state index contributed by atoms with van der Waals surface area (Å²) in [6.45, 7) is 2.01. The van der Waals surface area contributed by atoms with Gasteiger partial charge in [-0.15, -0.1) is 0 Å². The minimum absolute atomic E-state index is 0.108. The number of nitriles is 1. The lowest BCUT2D eigenvalue weighted by atomic mass is 10.1. The third kappa shape index (κ3) is 6.13. The third-order valence-corrected chi connectivity index (χ3v) is 5.59. The van der Waals surface area contributed by atoms with Crippen molar-refractivity contribution in [3.05, 3.63) is 92.2 Å². The van der Waals surface area contributed by atoms with Crippen LogP contribution in [-0.4, -0.2) is 13.0 Å². The number of nitrogens with one attached hydrogen (secondary N) is 1. The zero-order chi connectivity index (χ0) is 24.0. The average Bonchev–Trinajstić information content (AvgIpc) is 2.79. The van der Waals surface area contributed by atoms with Gasteiger partial charge in [0.05, 0.1) is 22.3 Å². The fourth-order valence-corrected chi connectivity index (χ4v) is 3.83. The van der Waals surface area contributed by atoms with Gasteiger partial charge in [0.1, 0.15) is 24.1 Å². The molecular weight excluding hydrogens is 511 g/mol. The Morgan fingerprint density at radius 3 is 2.61 bits per heavy atom. The van der Waals surface area contributed by atoms with Gasteiger partial charge < -0.3 is 14.8 Å². The third-order valence-electron chi connectivity index (χ3n) is 4.68. The monoisotopic (exact) mass is 528 g/mol. The molecule has 0 aliphatic rings. The predicted octanol–water partition coefficient (Wildman–Crippen LogP) is 6.68. The molecule has 0 heterocycles. The highest BCUT2D eigenvalue weighted by molar-refractivity contribution is 9.10. The first-order chi connectivity index (χ1) is 15.8. The number of benzene rings is 3. The number of amides is 1. The molecule has 0 aliphatic heterocycles. The lowest BCUT2D eigenvalue weighted by molar-refractivity contribution is -0.112. The van der Waals surface area contributed by atoms with Crippen LogP contribution < -0.4 is 14.8 Å². The summed E-state index contributed by atoms with van der Waals surface area (Å²) in [5, 5.41) is 12.6. The molecule has 5 nitrogen and oxygen atoms in total. The average molecular weight is 530 g/mol. The van der Waals surface area contributed by atoms with Crippen molar-refractivity contribution in [3.8, 4) is 17.6 Å². The fraction of sp³-hybridized carbons (Fsp3) is 0.120. The number of carbonyl (C=O) groups is 1. The van der Waals surface area contributed by atoms with Gasteiger partial charge in [0.25, 0.3) is 5.91 Å². The van der Waals surface area contributed by atoms with E-state index >= 15 is 0 Å². The van der Waals surface area contributed by atoms with Gasteiger partial charge in [-0.2, -0.15) is 5.26 Å². The Balaban J connectivity index is 1.84. The van der Waals surface area contributed by atoms with Gasteiger partial charge in [0, 0.05) is 0 Å². The molecule has 0 aliphatic carbocycles. The highest BCUT2D eigenvalue weighted by Gasteiger charge is 2.16. The topological polar surface area (TPSA) is 71.3 Å². The zero-order valence-corrected chi connectivity index (χ0v) is 20.1. The molecule has 3 rings (SSSR count). The summed E-state index contributed by atoms with van der Waals surface area (Å²) in [5.74, 6) is -0.0675. The van der Waals surface area contributed by atoms with Crippen molar-refractivity contribution in [2.45, 2.75) is 13.5 Å². The van der Waals surface area contributed by atoms with E-state index in [1.165, 1.54) is 25.3 Å². The molecule has 0 spiro atoms. The number of hydrogen-bond donors (Lipinski definition) is 1. The molecule has 168 valence electrons. The maximum Gasteiger partial charge on any atom is 0.266 e. The second-order valence-corrected chi connectivity index (χ2v) is 8.27. The molecule has 1 amide bonds. The molecule has 0 atom stereocenters. The SMILES string of the molecule is COc1cc(/C=C(\C#N)C(=O)Nc2c(C)cccc2Cl)cc(Br)c1OCc1ccc(F)cc1. The summed E-state index contributed by atoms with van der Waals surface area (Å²) in [6.07, 6.45) is 1.44. The Kier molecular flexibility index (Phi) is 8.10. The second kappa shape index (κ2) is 11.0. The van der Waals surface area contributed by atoms with E-state index in [0.717, 1.165) is 11.1 Å². The standard InChI is InChI=1S/C25H19BrClFN2O3/c1-15-4-3-5-21(27)23(15)30-25(31)18(13-29)10-17-11-20(26)24(22(12-17)32-2)33-14-16-6-8-19(28)9-7-16/h3-12H,14H2,1-2H3,(H,30,31)/b18-10+. The van der Waals surface area contributed by atoms with Crippen LogP contribution in [0.3, 0.4) is 0 Å². The maximum absolute atomic E-state index is 13.1. The quantitative estimate of drug-likeness (QED) is 0.274. The summed E-state index contributed by atoms with van der Waals surface area (Å²) in [5.41, 5.74) is 2.46. The number of carbonyl (C=O) groups excluding carboxylic acids is 1. The Hall–Kier alpha value is -3.34. The number of halogens is 3. The molecule has 0 saturated carbocycles. The van der Waals surface area contributed by atoms with Crippen LogP contribution in [0.1, 0.15) is 16.7 Å². The lowest BCUT2D eigenvalue weighted by Crippen LogP contribution is -2.14. The number of nitrogens with zero attached hydrogens (tertiary/aromatic N) is 1. The molecule has 0 aromatic heterocycles. The lowest BCUT2D eigenvalue weighted by Gasteiger charge is -2.14. The number of ether oxygens (including phenoxy) is 2. The molecule has 0 radical (unpaired) electrons. The molecular formula is C25H19BrClFN2O3. The summed E-state index contributed by atoms with van der Waals surface area (Å²) in [4.78, 5) is 12.7. The minimum atomic E-state index is -0.583. The largest absolute Gasteiger partial charge is 0.493 e. The van der Waals surface area contributed by atoms with Gasteiger partial charge in [-0.1, -0.05) is 35.9 Å². The van der Waals surface area contributed by atoms with Crippen LogP contribution in [0.5, 0.6) is 11.5 Å². The van der Waals surface area contributed by atoms with Crippen LogP contribution in [0.25, 0.3) is 6.08 Å². The van der Waals surface area contributed by atoms with Crippen molar-refractivity contribution >= 4 is 45.2 Å². The second-order valence-electron chi connectivity index (χ2n) is 7.00. The molecule has 0 bridgehead atoms. The van der Waals surface area contributed by atoms with Gasteiger partial charge in [-0.25, -0.2) is 4.39 Å². The Morgan fingerprint density at radius 1 is 1.24 bits per heavy atom. The summed E-state index contributed by atoms with van der Waals surface area (Å²) >= 11 is 9.62. The van der Waals surface area contributed by atoms with E-state index in [1.807, 2.05) is 19.1 Å². The van der Waals surface area contributed by atoms with Crippen LogP contribution in [0.15, 0.2) is 64.6 Å². The Morgan fingerprint density at radius 2 is 1.97 bits per heavy atom. The van der Waals surface area contributed by atoms with E-state index in [4.69, 9.17) is 21.1 Å².